The van der Waals surface area contributed by atoms with Crippen molar-refractivity contribution in [2.45, 2.75) is 25.7 Å². The van der Waals surface area contributed by atoms with Gasteiger partial charge in [-0.1, -0.05) is 18.9 Å². The molecule has 28 heavy (non-hydrogen) atoms. The Morgan fingerprint density at radius 3 is 2.32 bits per heavy atom. The van der Waals surface area contributed by atoms with E-state index >= 15 is 0 Å². The number of benzene rings is 1. The summed E-state index contributed by atoms with van der Waals surface area (Å²) in [6, 6.07) is 6.37. The molecule has 0 radical (unpaired) electrons. The number of H-pyrrole nitrogens is 1. The maximum absolute atomic E-state index is 13.9. The second kappa shape index (κ2) is 8.31. The van der Waals surface area contributed by atoms with Gasteiger partial charge in [0.05, 0.1) is 6.54 Å². The van der Waals surface area contributed by atoms with Gasteiger partial charge in [0, 0.05) is 50.2 Å². The summed E-state index contributed by atoms with van der Waals surface area (Å²) in [6.45, 7) is 4.68. The van der Waals surface area contributed by atoms with Crippen molar-refractivity contribution < 1.29 is 14.0 Å². The minimum atomic E-state index is -0.329. The molecule has 2 aliphatic heterocycles. The van der Waals surface area contributed by atoms with Gasteiger partial charge in [0.25, 0.3) is 5.91 Å². The Labute approximate surface area is 164 Å². The molecule has 2 saturated heterocycles. The van der Waals surface area contributed by atoms with E-state index in [2.05, 4.69) is 9.88 Å². The minimum Gasteiger partial charge on any atom is -0.350 e. The molecular weight excluding hydrogens is 359 g/mol. The third-order valence-electron chi connectivity index (χ3n) is 5.82. The molecule has 1 aromatic carbocycles. The molecule has 2 amide bonds. The van der Waals surface area contributed by atoms with Gasteiger partial charge in [-0.05, 0) is 31.0 Å². The van der Waals surface area contributed by atoms with Crippen LogP contribution in [0.4, 0.5) is 4.39 Å². The lowest BCUT2D eigenvalue weighted by molar-refractivity contribution is -0.132. The quantitative estimate of drug-likeness (QED) is 0.882. The molecule has 2 fully saturated rings. The van der Waals surface area contributed by atoms with E-state index < -0.39 is 0 Å². The molecule has 4 rings (SSSR count). The van der Waals surface area contributed by atoms with E-state index in [-0.39, 0.29) is 17.6 Å². The normalized spacial score (nSPS) is 19.0. The highest BCUT2D eigenvalue weighted by molar-refractivity contribution is 5.98. The molecule has 3 heterocycles. The molecule has 0 unspecified atom stereocenters. The van der Waals surface area contributed by atoms with Gasteiger partial charge in [0.15, 0.2) is 0 Å². The summed E-state index contributed by atoms with van der Waals surface area (Å²) in [5.74, 6) is -0.244. The number of hydrogen-bond acceptors (Lipinski definition) is 3. The lowest BCUT2D eigenvalue weighted by atomic mass is 10.2. The van der Waals surface area contributed by atoms with Crippen LogP contribution in [0.25, 0.3) is 10.9 Å². The fraction of sp³-hybridized carbons (Fsp3) is 0.524. The zero-order valence-corrected chi connectivity index (χ0v) is 16.1. The number of amides is 2. The van der Waals surface area contributed by atoms with Crippen molar-refractivity contribution in [3.8, 4) is 0 Å². The van der Waals surface area contributed by atoms with E-state index in [0.29, 0.717) is 49.3 Å². The van der Waals surface area contributed by atoms with Crippen LogP contribution in [0.15, 0.2) is 24.3 Å². The van der Waals surface area contributed by atoms with Gasteiger partial charge in [-0.15, -0.1) is 0 Å². The molecule has 1 N–H and O–H groups in total. The predicted octanol–water partition coefficient (Wildman–Crippen LogP) is 2.47. The highest BCUT2D eigenvalue weighted by Gasteiger charge is 2.26. The van der Waals surface area contributed by atoms with Crippen molar-refractivity contribution in [3.63, 3.8) is 0 Å². The zero-order chi connectivity index (χ0) is 19.5. The van der Waals surface area contributed by atoms with E-state index in [1.54, 1.807) is 23.1 Å². The Hall–Kier alpha value is -2.41. The van der Waals surface area contributed by atoms with Crippen LogP contribution < -0.4 is 0 Å². The maximum Gasteiger partial charge on any atom is 0.270 e. The average molecular weight is 386 g/mol. The lowest BCUT2D eigenvalue weighted by Crippen LogP contribution is -2.51. The van der Waals surface area contributed by atoms with Crippen molar-refractivity contribution in [1.82, 2.24) is 19.7 Å². The summed E-state index contributed by atoms with van der Waals surface area (Å²) < 4.78 is 13.9. The summed E-state index contributed by atoms with van der Waals surface area (Å²) in [6.07, 6.45) is 4.61. The summed E-state index contributed by atoms with van der Waals surface area (Å²) in [4.78, 5) is 34.2. The first-order chi connectivity index (χ1) is 13.6. The van der Waals surface area contributed by atoms with Crippen molar-refractivity contribution in [1.29, 1.82) is 0 Å². The summed E-state index contributed by atoms with van der Waals surface area (Å²) in [5.41, 5.74) is 1.04. The van der Waals surface area contributed by atoms with Crippen LogP contribution in [-0.4, -0.2) is 77.3 Å². The van der Waals surface area contributed by atoms with Gasteiger partial charge in [0.2, 0.25) is 5.91 Å². The second-order valence-corrected chi connectivity index (χ2v) is 7.75. The van der Waals surface area contributed by atoms with Crippen LogP contribution in [0.2, 0.25) is 0 Å². The van der Waals surface area contributed by atoms with Crippen LogP contribution in [-0.2, 0) is 4.79 Å². The Bertz CT molecular complexity index is 849. The van der Waals surface area contributed by atoms with Crippen molar-refractivity contribution in [3.05, 3.63) is 35.8 Å². The minimum absolute atomic E-state index is 0.117. The number of aromatic nitrogens is 1. The molecule has 150 valence electrons. The standard InChI is InChI=1S/C21H27FN4O2/c22-17-6-5-7-18-16(17)14-19(23-18)21(28)26-12-10-24(11-13-26)15-20(27)25-8-3-1-2-4-9-25/h5-7,14,23H,1-4,8-13,15H2. The van der Waals surface area contributed by atoms with Gasteiger partial charge in [0.1, 0.15) is 11.5 Å². The number of aromatic amines is 1. The number of carbonyl (C=O) groups is 2. The SMILES string of the molecule is O=C(CN1CCN(C(=O)c2cc3c(F)cccc3[nH]2)CC1)N1CCCCCC1. The number of fused-ring (bicyclic) bond motifs is 1. The third-order valence-corrected chi connectivity index (χ3v) is 5.82. The smallest absolute Gasteiger partial charge is 0.270 e. The van der Waals surface area contributed by atoms with Crippen LogP contribution in [0.5, 0.6) is 0 Å². The largest absolute Gasteiger partial charge is 0.350 e. The van der Waals surface area contributed by atoms with E-state index in [1.807, 2.05) is 4.90 Å². The molecule has 6 nitrogen and oxygen atoms in total. The Morgan fingerprint density at radius 2 is 1.64 bits per heavy atom. The van der Waals surface area contributed by atoms with Gasteiger partial charge in [-0.25, -0.2) is 4.39 Å². The van der Waals surface area contributed by atoms with E-state index in [0.717, 1.165) is 25.9 Å². The van der Waals surface area contributed by atoms with E-state index in [4.69, 9.17) is 0 Å². The highest BCUT2D eigenvalue weighted by Crippen LogP contribution is 2.20. The van der Waals surface area contributed by atoms with Crippen molar-refractivity contribution in [2.24, 2.45) is 0 Å². The molecular formula is C21H27FN4O2. The zero-order valence-electron chi connectivity index (χ0n) is 16.1. The average Bonchev–Trinajstić information content (AvgIpc) is 2.96. The summed E-state index contributed by atoms with van der Waals surface area (Å²) in [5, 5.41) is 0.438. The number of rotatable bonds is 3. The first kappa shape index (κ1) is 18.9. The van der Waals surface area contributed by atoms with Crippen molar-refractivity contribution >= 4 is 22.7 Å². The Kier molecular flexibility index (Phi) is 5.62. The van der Waals surface area contributed by atoms with Gasteiger partial charge in [-0.2, -0.15) is 0 Å². The molecule has 0 saturated carbocycles. The molecule has 0 aliphatic carbocycles. The predicted molar refractivity (Wildman–Crippen MR) is 106 cm³/mol. The second-order valence-electron chi connectivity index (χ2n) is 7.75. The molecule has 0 spiro atoms. The molecule has 2 aromatic rings. The maximum atomic E-state index is 13.9. The monoisotopic (exact) mass is 386 g/mol. The number of piperazine rings is 1. The molecule has 7 heteroatoms. The summed E-state index contributed by atoms with van der Waals surface area (Å²) in [7, 11) is 0. The fourth-order valence-electron chi connectivity index (χ4n) is 4.12. The van der Waals surface area contributed by atoms with Crippen LogP contribution in [0, 0.1) is 5.82 Å². The van der Waals surface area contributed by atoms with Gasteiger partial charge in [-0.3, -0.25) is 14.5 Å². The van der Waals surface area contributed by atoms with Crippen molar-refractivity contribution in [2.75, 3.05) is 45.8 Å². The number of hydrogen-bond donors (Lipinski definition) is 1. The number of nitrogens with zero attached hydrogens (tertiary/aromatic N) is 3. The number of carbonyl (C=O) groups excluding carboxylic acids is 2. The van der Waals surface area contributed by atoms with Crippen LogP contribution in [0.1, 0.15) is 36.2 Å². The van der Waals surface area contributed by atoms with Crippen LogP contribution in [0.3, 0.4) is 0 Å². The van der Waals surface area contributed by atoms with Crippen LogP contribution >= 0.6 is 0 Å². The summed E-state index contributed by atoms with van der Waals surface area (Å²) >= 11 is 0. The molecule has 1 aromatic heterocycles. The highest BCUT2D eigenvalue weighted by atomic mass is 19.1. The number of nitrogens with one attached hydrogen (secondary N) is 1. The first-order valence-electron chi connectivity index (χ1n) is 10.2. The molecule has 0 bridgehead atoms. The van der Waals surface area contributed by atoms with Gasteiger partial charge >= 0.3 is 0 Å². The molecule has 2 aliphatic rings. The fourth-order valence-corrected chi connectivity index (χ4v) is 4.12. The van der Waals surface area contributed by atoms with E-state index in [1.165, 1.54) is 18.9 Å². The Morgan fingerprint density at radius 1 is 0.929 bits per heavy atom. The Balaban J connectivity index is 1.32. The lowest BCUT2D eigenvalue weighted by Gasteiger charge is -2.35. The molecule has 0 atom stereocenters. The number of likely N-dealkylation sites (tertiary alicyclic amines) is 1. The van der Waals surface area contributed by atoms with Gasteiger partial charge < -0.3 is 14.8 Å². The number of halogens is 1. The topological polar surface area (TPSA) is 59.7 Å². The first-order valence-corrected chi connectivity index (χ1v) is 10.2. The van der Waals surface area contributed by atoms with E-state index in [9.17, 15) is 14.0 Å². The third kappa shape index (κ3) is 4.04.